The normalized spacial score (nSPS) is 10.9. The predicted octanol–water partition coefficient (Wildman–Crippen LogP) is 1.33. The number of aromatic amines is 1. The molecule has 0 radical (unpaired) electrons. The van der Waals surface area contributed by atoms with Crippen LogP contribution in [0, 0.1) is 6.92 Å². The molecule has 18 heavy (non-hydrogen) atoms. The number of aryl methyl sites for hydroxylation is 1. The third-order valence-corrected chi connectivity index (χ3v) is 2.61. The summed E-state index contributed by atoms with van der Waals surface area (Å²) in [6.07, 6.45) is 1.63. The van der Waals surface area contributed by atoms with Gasteiger partial charge in [0.2, 0.25) is 0 Å². The fourth-order valence-electron chi connectivity index (χ4n) is 1.61. The van der Waals surface area contributed by atoms with Crippen LogP contribution in [-0.2, 0) is 0 Å². The van der Waals surface area contributed by atoms with Crippen molar-refractivity contribution in [3.63, 3.8) is 0 Å². The third-order valence-electron chi connectivity index (χ3n) is 2.61. The fraction of sp³-hybridized carbons (Fsp3) is 0.364. The van der Waals surface area contributed by atoms with Gasteiger partial charge in [0.25, 0.3) is 5.91 Å². The maximum atomic E-state index is 12.0. The number of rotatable bonds is 3. The number of nitrogens with two attached hydrogens (primary N) is 1. The van der Waals surface area contributed by atoms with Crippen molar-refractivity contribution in [1.29, 1.82) is 0 Å². The van der Waals surface area contributed by atoms with Crippen molar-refractivity contribution in [2.24, 2.45) is 0 Å². The van der Waals surface area contributed by atoms with Crippen molar-refractivity contribution >= 4 is 17.4 Å². The van der Waals surface area contributed by atoms with Gasteiger partial charge in [-0.1, -0.05) is 0 Å². The molecule has 2 rings (SSSR count). The minimum absolute atomic E-state index is 0.161. The third kappa shape index (κ3) is 2.06. The van der Waals surface area contributed by atoms with Crippen molar-refractivity contribution in [1.82, 2.24) is 20.0 Å². The lowest BCUT2D eigenvalue weighted by Gasteiger charge is -2.11. The molecular weight excluding hydrogens is 232 g/mol. The Kier molecular flexibility index (Phi) is 3.05. The number of H-pyrrole nitrogens is 1. The first kappa shape index (κ1) is 12.2. The van der Waals surface area contributed by atoms with Gasteiger partial charge in [0, 0.05) is 12.1 Å². The summed E-state index contributed by atoms with van der Waals surface area (Å²) in [5, 5.41) is 13.4. The van der Waals surface area contributed by atoms with Crippen LogP contribution >= 0.6 is 0 Å². The van der Waals surface area contributed by atoms with E-state index in [4.69, 9.17) is 5.73 Å². The summed E-state index contributed by atoms with van der Waals surface area (Å²) < 4.78 is 1.72. The molecule has 0 atom stereocenters. The van der Waals surface area contributed by atoms with Crippen molar-refractivity contribution in [2.75, 3.05) is 11.1 Å². The second-order valence-corrected chi connectivity index (χ2v) is 4.32. The van der Waals surface area contributed by atoms with E-state index in [1.807, 2.05) is 13.8 Å². The van der Waals surface area contributed by atoms with Crippen LogP contribution in [0.4, 0.5) is 11.5 Å². The molecule has 0 aliphatic heterocycles. The molecule has 0 aliphatic rings. The number of hydrogen-bond acceptors (Lipinski definition) is 4. The number of nitrogens with zero attached hydrogens (tertiary/aromatic N) is 3. The molecule has 96 valence electrons. The molecule has 0 saturated heterocycles. The largest absolute Gasteiger partial charge is 0.395 e. The molecule has 0 spiro atoms. The van der Waals surface area contributed by atoms with Gasteiger partial charge in [0.05, 0.1) is 17.6 Å². The van der Waals surface area contributed by atoms with Crippen molar-refractivity contribution in [3.8, 4) is 0 Å². The van der Waals surface area contributed by atoms with Crippen LogP contribution in [0.15, 0.2) is 12.3 Å². The first-order valence-corrected chi connectivity index (χ1v) is 5.66. The zero-order valence-electron chi connectivity index (χ0n) is 10.6. The van der Waals surface area contributed by atoms with Gasteiger partial charge in [0.1, 0.15) is 5.82 Å². The highest BCUT2D eigenvalue weighted by atomic mass is 16.2. The number of amides is 1. The van der Waals surface area contributed by atoms with Crippen LogP contribution in [0.5, 0.6) is 0 Å². The minimum Gasteiger partial charge on any atom is -0.395 e. The maximum absolute atomic E-state index is 12.0. The molecular formula is C11H16N6O. The quantitative estimate of drug-likeness (QED) is 0.762. The van der Waals surface area contributed by atoms with E-state index in [1.54, 1.807) is 23.9 Å². The van der Waals surface area contributed by atoms with E-state index in [2.05, 4.69) is 20.6 Å². The van der Waals surface area contributed by atoms with Crippen LogP contribution in [0.25, 0.3) is 0 Å². The molecule has 2 aromatic heterocycles. The summed E-state index contributed by atoms with van der Waals surface area (Å²) in [6.45, 7) is 5.73. The molecule has 0 fully saturated rings. The molecule has 7 nitrogen and oxygen atoms in total. The van der Waals surface area contributed by atoms with Crippen LogP contribution in [0.2, 0.25) is 0 Å². The number of anilines is 2. The number of nitrogen functional groups attached to an aromatic ring is 1. The van der Waals surface area contributed by atoms with E-state index in [0.29, 0.717) is 17.2 Å². The van der Waals surface area contributed by atoms with Crippen molar-refractivity contribution in [2.45, 2.75) is 26.8 Å². The summed E-state index contributed by atoms with van der Waals surface area (Å²) in [5.41, 5.74) is 6.99. The van der Waals surface area contributed by atoms with Gasteiger partial charge >= 0.3 is 0 Å². The number of nitrogens with one attached hydrogen (secondary N) is 2. The van der Waals surface area contributed by atoms with E-state index in [0.717, 1.165) is 0 Å². The second kappa shape index (κ2) is 4.52. The zero-order valence-corrected chi connectivity index (χ0v) is 10.6. The molecule has 4 N–H and O–H groups in total. The topological polar surface area (TPSA) is 102 Å². The lowest BCUT2D eigenvalue weighted by molar-refractivity contribution is 0.102. The summed E-state index contributed by atoms with van der Waals surface area (Å²) in [4.78, 5) is 12.0. The molecule has 7 heteroatoms. The Morgan fingerprint density at radius 3 is 2.83 bits per heavy atom. The average Bonchev–Trinajstić information content (AvgIpc) is 2.88. The molecule has 0 bridgehead atoms. The Morgan fingerprint density at radius 2 is 2.28 bits per heavy atom. The van der Waals surface area contributed by atoms with Gasteiger partial charge in [-0.25, -0.2) is 4.68 Å². The molecule has 1 amide bonds. The van der Waals surface area contributed by atoms with E-state index >= 15 is 0 Å². The highest BCUT2D eigenvalue weighted by Crippen LogP contribution is 2.17. The van der Waals surface area contributed by atoms with Crippen LogP contribution in [-0.4, -0.2) is 25.9 Å². The predicted molar refractivity (Wildman–Crippen MR) is 68.3 cm³/mol. The minimum atomic E-state index is -0.348. The molecule has 0 unspecified atom stereocenters. The van der Waals surface area contributed by atoms with Crippen LogP contribution in [0.1, 0.15) is 36.1 Å². The van der Waals surface area contributed by atoms with E-state index in [9.17, 15) is 4.79 Å². The monoisotopic (exact) mass is 248 g/mol. The summed E-state index contributed by atoms with van der Waals surface area (Å²) in [6, 6.07) is 1.89. The zero-order chi connectivity index (χ0) is 13.3. The summed E-state index contributed by atoms with van der Waals surface area (Å²) in [7, 11) is 0. The van der Waals surface area contributed by atoms with E-state index in [-0.39, 0.29) is 17.6 Å². The first-order chi connectivity index (χ1) is 8.50. The van der Waals surface area contributed by atoms with Crippen LogP contribution in [0.3, 0.4) is 0 Å². The highest BCUT2D eigenvalue weighted by molar-refractivity contribution is 6.06. The SMILES string of the molecule is Cc1[nH]nc(C(=O)Nc2ccnn2C(C)C)c1N. The maximum Gasteiger partial charge on any atom is 0.279 e. The smallest absolute Gasteiger partial charge is 0.279 e. The second-order valence-electron chi connectivity index (χ2n) is 4.32. The molecule has 0 aromatic carbocycles. The number of carbonyl (C=O) groups excluding carboxylic acids is 1. The Morgan fingerprint density at radius 1 is 1.56 bits per heavy atom. The first-order valence-electron chi connectivity index (χ1n) is 5.66. The summed E-state index contributed by atoms with van der Waals surface area (Å²) in [5.74, 6) is 0.273. The van der Waals surface area contributed by atoms with Gasteiger partial charge in [0.15, 0.2) is 5.69 Å². The lowest BCUT2D eigenvalue weighted by Crippen LogP contribution is -2.18. The van der Waals surface area contributed by atoms with Gasteiger partial charge in [-0.05, 0) is 20.8 Å². The Hall–Kier alpha value is -2.31. The number of carbonyl (C=O) groups is 1. The van der Waals surface area contributed by atoms with Gasteiger partial charge in [-0.15, -0.1) is 0 Å². The molecule has 2 heterocycles. The van der Waals surface area contributed by atoms with Gasteiger partial charge in [-0.3, -0.25) is 9.89 Å². The van der Waals surface area contributed by atoms with Crippen molar-refractivity contribution < 1.29 is 4.79 Å². The lowest BCUT2D eigenvalue weighted by atomic mass is 10.3. The summed E-state index contributed by atoms with van der Waals surface area (Å²) >= 11 is 0. The van der Waals surface area contributed by atoms with Crippen molar-refractivity contribution in [3.05, 3.63) is 23.7 Å². The number of aromatic nitrogens is 4. The average molecular weight is 248 g/mol. The van der Waals surface area contributed by atoms with Gasteiger partial charge < -0.3 is 11.1 Å². The number of hydrogen-bond donors (Lipinski definition) is 3. The Bertz CT molecular complexity index is 568. The Labute approximate surface area is 104 Å². The molecule has 2 aromatic rings. The Balaban J connectivity index is 2.22. The van der Waals surface area contributed by atoms with E-state index in [1.165, 1.54) is 0 Å². The van der Waals surface area contributed by atoms with Crippen LogP contribution < -0.4 is 11.1 Å². The highest BCUT2D eigenvalue weighted by Gasteiger charge is 2.17. The fourth-order valence-corrected chi connectivity index (χ4v) is 1.61. The van der Waals surface area contributed by atoms with Gasteiger partial charge in [-0.2, -0.15) is 10.2 Å². The molecule has 0 saturated carbocycles. The standard InChI is InChI=1S/C11H16N6O/c1-6(2)17-8(4-5-13-17)14-11(18)10-9(12)7(3)15-16-10/h4-6H,12H2,1-3H3,(H,14,18)(H,15,16). The molecule has 0 aliphatic carbocycles. The van der Waals surface area contributed by atoms with E-state index < -0.39 is 0 Å².